The minimum Gasteiger partial charge on any atom is -0.352 e. The van der Waals surface area contributed by atoms with Crippen LogP contribution in [0.3, 0.4) is 0 Å². The molecule has 0 bridgehead atoms. The fourth-order valence-corrected chi connectivity index (χ4v) is 4.42. The summed E-state index contributed by atoms with van der Waals surface area (Å²) in [5, 5.41) is 6.61. The number of nitrogens with zero attached hydrogens (tertiary/aromatic N) is 1. The molecule has 1 saturated heterocycles. The van der Waals surface area contributed by atoms with Crippen molar-refractivity contribution >= 4 is 35.0 Å². The highest BCUT2D eigenvalue weighted by Gasteiger charge is 2.28. The van der Waals surface area contributed by atoms with Gasteiger partial charge in [0.1, 0.15) is 6.04 Å². The quantitative estimate of drug-likeness (QED) is 0.598. The number of hydrogen-bond acceptors (Lipinski definition) is 3. The Hall–Kier alpha value is -2.08. The molecule has 2 N–H and O–H groups in total. The molecule has 2 aromatic rings. The summed E-state index contributed by atoms with van der Waals surface area (Å²) in [5.74, 6) is -0.680. The minimum absolute atomic E-state index is 0.0861. The summed E-state index contributed by atoms with van der Waals surface area (Å²) < 4.78 is 0. The monoisotopic (exact) mass is 461 g/mol. The molecule has 3 rings (SSSR count). The predicted octanol–water partition coefficient (Wildman–Crippen LogP) is 4.70. The van der Waals surface area contributed by atoms with E-state index in [2.05, 4.69) is 27.7 Å². The van der Waals surface area contributed by atoms with Gasteiger partial charge in [0.15, 0.2) is 0 Å². The van der Waals surface area contributed by atoms with Gasteiger partial charge in [0.25, 0.3) is 5.91 Å². The molecule has 5 nitrogen and oxygen atoms in total. The number of rotatable bonds is 8. The van der Waals surface area contributed by atoms with Crippen molar-refractivity contribution in [3.05, 3.63) is 69.7 Å². The summed E-state index contributed by atoms with van der Waals surface area (Å²) in [4.78, 5) is 28.2. The molecule has 0 aromatic heterocycles. The van der Waals surface area contributed by atoms with E-state index in [0.29, 0.717) is 17.1 Å². The van der Waals surface area contributed by atoms with Crippen molar-refractivity contribution in [3.63, 3.8) is 0 Å². The Balaban J connectivity index is 1.68. The van der Waals surface area contributed by atoms with Gasteiger partial charge in [-0.25, -0.2) is 0 Å². The van der Waals surface area contributed by atoms with Crippen molar-refractivity contribution in [2.45, 2.75) is 38.8 Å². The normalized spacial score (nSPS) is 16.2. The molecule has 31 heavy (non-hydrogen) atoms. The first-order chi connectivity index (χ1) is 14.9. The average Bonchev–Trinajstić information content (AvgIpc) is 3.27. The van der Waals surface area contributed by atoms with Gasteiger partial charge >= 0.3 is 0 Å². The minimum atomic E-state index is -0.672. The van der Waals surface area contributed by atoms with E-state index >= 15 is 0 Å². The zero-order chi connectivity index (χ0) is 22.4. The molecule has 2 atom stereocenters. The summed E-state index contributed by atoms with van der Waals surface area (Å²) >= 11 is 12.1. The molecule has 7 heteroatoms. The lowest BCUT2D eigenvalue weighted by Gasteiger charge is -2.29. The molecule has 2 amide bonds. The number of carbonyl (C=O) groups is 2. The number of halogens is 2. The average molecular weight is 462 g/mol. The third-order valence-corrected chi connectivity index (χ3v) is 6.19. The van der Waals surface area contributed by atoms with Gasteiger partial charge in [0, 0.05) is 11.6 Å². The first kappa shape index (κ1) is 23.6. The molecule has 1 heterocycles. The second-order valence-corrected chi connectivity index (χ2v) is 9.08. The van der Waals surface area contributed by atoms with Crippen LogP contribution in [0.4, 0.5) is 0 Å². The first-order valence-electron chi connectivity index (χ1n) is 10.7. The highest BCUT2D eigenvalue weighted by molar-refractivity contribution is 6.36. The van der Waals surface area contributed by atoms with Gasteiger partial charge in [-0.1, -0.05) is 67.4 Å². The third-order valence-electron chi connectivity index (χ3n) is 5.65. The van der Waals surface area contributed by atoms with E-state index in [9.17, 15) is 9.59 Å². The molecule has 1 aliphatic heterocycles. The smallest absolute Gasteiger partial charge is 0.253 e. The standard InChI is InChI=1S/C24H29Cl2N3O2/c1-16(2)22(28-23(30)19-11-10-18(25)14-20(19)26)24(31)27-15-21(29-12-6-7-13-29)17-8-4-3-5-9-17/h3-5,8-11,14,16,21-22H,6-7,12-13,15H2,1-2H3,(H,27,31)(H,28,30)/t21-,22-/m1/s1. The maximum Gasteiger partial charge on any atom is 0.253 e. The van der Waals surface area contributed by atoms with Crippen molar-refractivity contribution in [3.8, 4) is 0 Å². The van der Waals surface area contributed by atoms with Crippen LogP contribution in [0, 0.1) is 5.92 Å². The van der Waals surface area contributed by atoms with Gasteiger partial charge < -0.3 is 10.6 Å². The largest absolute Gasteiger partial charge is 0.352 e. The first-order valence-corrected chi connectivity index (χ1v) is 11.4. The molecule has 1 fully saturated rings. The van der Waals surface area contributed by atoms with Gasteiger partial charge in [0.2, 0.25) is 5.91 Å². The lowest BCUT2D eigenvalue weighted by molar-refractivity contribution is -0.124. The van der Waals surface area contributed by atoms with E-state index in [0.717, 1.165) is 13.1 Å². The van der Waals surface area contributed by atoms with Crippen LogP contribution in [0.25, 0.3) is 0 Å². The van der Waals surface area contributed by atoms with Crippen molar-refractivity contribution in [1.29, 1.82) is 0 Å². The maximum atomic E-state index is 13.0. The molecule has 0 spiro atoms. The summed E-state index contributed by atoms with van der Waals surface area (Å²) in [7, 11) is 0. The second-order valence-electron chi connectivity index (χ2n) is 8.23. The molecule has 0 radical (unpaired) electrons. The Bertz CT molecular complexity index is 899. The molecular weight excluding hydrogens is 433 g/mol. The third kappa shape index (κ3) is 6.22. The molecule has 0 aliphatic carbocycles. The second kappa shape index (κ2) is 11.0. The topological polar surface area (TPSA) is 61.4 Å². The van der Waals surface area contributed by atoms with Crippen LogP contribution in [-0.2, 0) is 4.79 Å². The van der Waals surface area contributed by atoms with E-state index in [1.54, 1.807) is 12.1 Å². The van der Waals surface area contributed by atoms with Crippen molar-refractivity contribution in [2.75, 3.05) is 19.6 Å². The van der Waals surface area contributed by atoms with Crippen LogP contribution >= 0.6 is 23.2 Å². The van der Waals surface area contributed by atoms with Gasteiger partial charge in [-0.15, -0.1) is 0 Å². The highest BCUT2D eigenvalue weighted by Crippen LogP contribution is 2.25. The Morgan fingerprint density at radius 2 is 1.71 bits per heavy atom. The Kier molecular flexibility index (Phi) is 8.35. The number of amides is 2. The zero-order valence-electron chi connectivity index (χ0n) is 17.9. The Labute approximate surface area is 194 Å². The summed E-state index contributed by atoms with van der Waals surface area (Å²) in [5.41, 5.74) is 1.48. The number of likely N-dealkylation sites (tertiary alicyclic amines) is 1. The number of carbonyl (C=O) groups excluding carboxylic acids is 2. The number of nitrogens with one attached hydrogen (secondary N) is 2. The van der Waals surface area contributed by atoms with Gasteiger partial charge in [-0.2, -0.15) is 0 Å². The fourth-order valence-electron chi connectivity index (χ4n) is 3.92. The van der Waals surface area contributed by atoms with E-state index in [4.69, 9.17) is 23.2 Å². The highest BCUT2D eigenvalue weighted by atomic mass is 35.5. The van der Waals surface area contributed by atoms with Crippen LogP contribution in [0.2, 0.25) is 10.0 Å². The molecule has 166 valence electrons. The van der Waals surface area contributed by atoms with Crippen LogP contribution in [0.1, 0.15) is 48.7 Å². The predicted molar refractivity (Wildman–Crippen MR) is 126 cm³/mol. The van der Waals surface area contributed by atoms with Gasteiger partial charge in [-0.05, 0) is 55.6 Å². The SMILES string of the molecule is CC(C)[C@@H](NC(=O)c1ccc(Cl)cc1Cl)C(=O)NC[C@H](c1ccccc1)N1CCCC1. The van der Waals surface area contributed by atoms with Crippen molar-refractivity contribution in [1.82, 2.24) is 15.5 Å². The Morgan fingerprint density at radius 3 is 2.32 bits per heavy atom. The van der Waals surface area contributed by atoms with Crippen LogP contribution < -0.4 is 10.6 Å². The number of benzene rings is 2. The van der Waals surface area contributed by atoms with Crippen molar-refractivity contribution in [2.24, 2.45) is 5.92 Å². The fraction of sp³-hybridized carbons (Fsp3) is 0.417. The number of hydrogen-bond donors (Lipinski definition) is 2. The van der Waals surface area contributed by atoms with E-state index in [1.807, 2.05) is 32.0 Å². The van der Waals surface area contributed by atoms with E-state index in [1.165, 1.54) is 24.5 Å². The van der Waals surface area contributed by atoms with Gasteiger partial charge in [0.05, 0.1) is 16.6 Å². The van der Waals surface area contributed by atoms with Crippen LogP contribution in [0.15, 0.2) is 48.5 Å². The lowest BCUT2D eigenvalue weighted by Crippen LogP contribution is -2.51. The maximum absolute atomic E-state index is 13.0. The molecular formula is C24H29Cl2N3O2. The van der Waals surface area contributed by atoms with Gasteiger partial charge in [-0.3, -0.25) is 14.5 Å². The lowest BCUT2D eigenvalue weighted by atomic mass is 10.0. The van der Waals surface area contributed by atoms with Crippen molar-refractivity contribution < 1.29 is 9.59 Å². The summed E-state index contributed by atoms with van der Waals surface area (Å²) in [6.07, 6.45) is 2.34. The van der Waals surface area contributed by atoms with Crippen LogP contribution in [0.5, 0.6) is 0 Å². The zero-order valence-corrected chi connectivity index (χ0v) is 19.4. The van der Waals surface area contributed by atoms with Crippen LogP contribution in [-0.4, -0.2) is 42.4 Å². The summed E-state index contributed by atoms with van der Waals surface area (Å²) in [6, 6.07) is 14.4. The van der Waals surface area contributed by atoms with E-state index < -0.39 is 11.9 Å². The molecule has 0 unspecified atom stereocenters. The molecule has 1 aliphatic rings. The molecule has 0 saturated carbocycles. The Morgan fingerprint density at radius 1 is 1.03 bits per heavy atom. The van der Waals surface area contributed by atoms with E-state index in [-0.39, 0.29) is 22.9 Å². The molecule has 2 aromatic carbocycles. The summed E-state index contributed by atoms with van der Waals surface area (Å²) in [6.45, 7) is 6.35.